The SMILES string of the molecule is CCCSCC(NCCCC(=O)CN)C(C)=O. The van der Waals surface area contributed by atoms with Gasteiger partial charge in [-0.3, -0.25) is 9.59 Å². The summed E-state index contributed by atoms with van der Waals surface area (Å²) in [6.45, 7) is 4.54. The molecule has 0 radical (unpaired) electrons. The van der Waals surface area contributed by atoms with Gasteiger partial charge in [-0.25, -0.2) is 0 Å². The number of rotatable bonds is 11. The third-order valence-corrected chi connectivity index (χ3v) is 3.64. The molecule has 0 aromatic carbocycles. The Labute approximate surface area is 108 Å². The Morgan fingerprint density at radius 3 is 2.65 bits per heavy atom. The molecule has 0 aliphatic rings. The number of hydrogen-bond acceptors (Lipinski definition) is 5. The fourth-order valence-corrected chi connectivity index (χ4v) is 2.37. The zero-order valence-corrected chi connectivity index (χ0v) is 11.6. The van der Waals surface area contributed by atoms with E-state index in [9.17, 15) is 9.59 Å². The predicted octanol–water partition coefficient (Wildman–Crippen LogP) is 0.985. The summed E-state index contributed by atoms with van der Waals surface area (Å²) < 4.78 is 0. The quantitative estimate of drug-likeness (QED) is 0.542. The smallest absolute Gasteiger partial charge is 0.147 e. The van der Waals surface area contributed by atoms with Crippen LogP contribution in [-0.4, -0.2) is 42.2 Å². The van der Waals surface area contributed by atoms with Gasteiger partial charge in [0.05, 0.1) is 12.6 Å². The van der Waals surface area contributed by atoms with Crippen molar-refractivity contribution in [1.29, 1.82) is 0 Å². The molecular weight excluding hydrogens is 236 g/mol. The highest BCUT2D eigenvalue weighted by Crippen LogP contribution is 2.05. The average Bonchev–Trinajstić information content (AvgIpc) is 2.31. The molecule has 4 nitrogen and oxygen atoms in total. The number of thioether (sulfide) groups is 1. The van der Waals surface area contributed by atoms with Crippen LogP contribution in [0.4, 0.5) is 0 Å². The van der Waals surface area contributed by atoms with Crippen LogP contribution in [-0.2, 0) is 9.59 Å². The molecule has 0 aromatic heterocycles. The molecule has 0 saturated heterocycles. The van der Waals surface area contributed by atoms with Crippen LogP contribution in [0, 0.1) is 0 Å². The first-order valence-corrected chi connectivity index (χ1v) is 7.30. The maximum Gasteiger partial charge on any atom is 0.147 e. The minimum absolute atomic E-state index is 0.0755. The summed E-state index contributed by atoms with van der Waals surface area (Å²) in [4.78, 5) is 22.3. The van der Waals surface area contributed by atoms with Crippen LogP contribution in [0.25, 0.3) is 0 Å². The van der Waals surface area contributed by atoms with Crippen molar-refractivity contribution in [2.75, 3.05) is 24.6 Å². The molecule has 0 amide bonds. The van der Waals surface area contributed by atoms with Gasteiger partial charge < -0.3 is 11.1 Å². The molecule has 0 fully saturated rings. The van der Waals surface area contributed by atoms with Gasteiger partial charge in [-0.1, -0.05) is 6.92 Å². The number of carbonyl (C=O) groups excluding carboxylic acids is 2. The summed E-state index contributed by atoms with van der Waals surface area (Å²) in [6, 6.07) is -0.0838. The Bertz CT molecular complexity index is 235. The summed E-state index contributed by atoms with van der Waals surface area (Å²) in [6.07, 6.45) is 2.37. The average molecular weight is 260 g/mol. The molecule has 1 unspecified atom stereocenters. The lowest BCUT2D eigenvalue weighted by Gasteiger charge is -2.15. The topological polar surface area (TPSA) is 72.2 Å². The summed E-state index contributed by atoms with van der Waals surface area (Å²) in [7, 11) is 0. The minimum Gasteiger partial charge on any atom is -0.324 e. The van der Waals surface area contributed by atoms with Crippen molar-refractivity contribution in [3.8, 4) is 0 Å². The van der Waals surface area contributed by atoms with E-state index in [1.54, 1.807) is 18.7 Å². The Morgan fingerprint density at radius 1 is 1.41 bits per heavy atom. The second kappa shape index (κ2) is 10.7. The lowest BCUT2D eigenvalue weighted by atomic mass is 10.2. The summed E-state index contributed by atoms with van der Waals surface area (Å²) in [5.41, 5.74) is 5.22. The standard InChI is InChI=1S/C12H24N2O2S/c1-3-7-17-9-12(10(2)15)14-6-4-5-11(16)8-13/h12,14H,3-9,13H2,1-2H3. The first-order chi connectivity index (χ1) is 8.11. The van der Waals surface area contributed by atoms with Gasteiger partial charge in [-0.15, -0.1) is 0 Å². The molecule has 100 valence electrons. The van der Waals surface area contributed by atoms with E-state index in [0.717, 1.165) is 24.3 Å². The maximum absolute atomic E-state index is 11.4. The van der Waals surface area contributed by atoms with Crippen LogP contribution >= 0.6 is 11.8 Å². The molecule has 5 heteroatoms. The van der Waals surface area contributed by atoms with Gasteiger partial charge in [0, 0.05) is 12.2 Å². The van der Waals surface area contributed by atoms with Gasteiger partial charge in [-0.05, 0) is 32.1 Å². The number of nitrogens with one attached hydrogen (secondary N) is 1. The normalized spacial score (nSPS) is 12.4. The molecule has 0 spiro atoms. The highest BCUT2D eigenvalue weighted by molar-refractivity contribution is 7.99. The largest absolute Gasteiger partial charge is 0.324 e. The molecule has 3 N–H and O–H groups in total. The van der Waals surface area contributed by atoms with Crippen molar-refractivity contribution in [3.05, 3.63) is 0 Å². The van der Waals surface area contributed by atoms with Gasteiger partial charge in [0.25, 0.3) is 0 Å². The monoisotopic (exact) mass is 260 g/mol. The van der Waals surface area contributed by atoms with Crippen molar-refractivity contribution in [2.45, 2.75) is 39.2 Å². The van der Waals surface area contributed by atoms with Crippen molar-refractivity contribution >= 4 is 23.3 Å². The molecule has 1 atom stereocenters. The lowest BCUT2D eigenvalue weighted by Crippen LogP contribution is -2.38. The van der Waals surface area contributed by atoms with E-state index in [1.807, 2.05) is 0 Å². The fraction of sp³-hybridized carbons (Fsp3) is 0.833. The molecule has 17 heavy (non-hydrogen) atoms. The Kier molecular flexibility index (Phi) is 10.5. The van der Waals surface area contributed by atoms with Crippen molar-refractivity contribution in [1.82, 2.24) is 5.32 Å². The van der Waals surface area contributed by atoms with Crippen molar-refractivity contribution < 1.29 is 9.59 Å². The van der Waals surface area contributed by atoms with Gasteiger partial charge in [0.2, 0.25) is 0 Å². The lowest BCUT2D eigenvalue weighted by molar-refractivity contribution is -0.118. The highest BCUT2D eigenvalue weighted by atomic mass is 32.2. The summed E-state index contributed by atoms with van der Waals surface area (Å²) in [5, 5.41) is 3.19. The van der Waals surface area contributed by atoms with Crippen molar-refractivity contribution in [3.63, 3.8) is 0 Å². The molecule has 0 aromatic rings. The first kappa shape index (κ1) is 16.6. The molecule has 0 rings (SSSR count). The van der Waals surface area contributed by atoms with Gasteiger partial charge in [-0.2, -0.15) is 11.8 Å². The number of Topliss-reactive ketones (excluding diaryl/α,β-unsaturated/α-hetero) is 2. The molecule has 0 aliphatic carbocycles. The maximum atomic E-state index is 11.4. The zero-order chi connectivity index (χ0) is 13.1. The van der Waals surface area contributed by atoms with Crippen LogP contribution in [0.3, 0.4) is 0 Å². The second-order valence-electron chi connectivity index (χ2n) is 4.04. The van der Waals surface area contributed by atoms with Crippen LogP contribution in [0.15, 0.2) is 0 Å². The summed E-state index contributed by atoms with van der Waals surface area (Å²) in [5.74, 6) is 2.13. The Morgan fingerprint density at radius 2 is 2.12 bits per heavy atom. The minimum atomic E-state index is -0.0838. The predicted molar refractivity (Wildman–Crippen MR) is 73.4 cm³/mol. The van der Waals surface area contributed by atoms with Crippen LogP contribution in [0.1, 0.15) is 33.1 Å². The number of carbonyl (C=O) groups is 2. The molecule has 0 aliphatic heterocycles. The van der Waals surface area contributed by atoms with Crippen molar-refractivity contribution in [2.24, 2.45) is 5.73 Å². The van der Waals surface area contributed by atoms with E-state index in [1.165, 1.54) is 0 Å². The Hall–Kier alpha value is -0.390. The third-order valence-electron chi connectivity index (χ3n) is 2.37. The number of ketones is 2. The van der Waals surface area contributed by atoms with Gasteiger partial charge >= 0.3 is 0 Å². The molecule has 0 saturated carbocycles. The van der Waals surface area contributed by atoms with Crippen LogP contribution in [0.2, 0.25) is 0 Å². The van der Waals surface area contributed by atoms with E-state index in [4.69, 9.17) is 5.73 Å². The van der Waals surface area contributed by atoms with E-state index < -0.39 is 0 Å². The van der Waals surface area contributed by atoms with E-state index in [2.05, 4.69) is 12.2 Å². The second-order valence-corrected chi connectivity index (χ2v) is 5.19. The summed E-state index contributed by atoms with van der Waals surface area (Å²) >= 11 is 1.79. The molecule has 0 bridgehead atoms. The fourth-order valence-electron chi connectivity index (χ4n) is 1.33. The third kappa shape index (κ3) is 9.32. The van der Waals surface area contributed by atoms with E-state index >= 15 is 0 Å². The highest BCUT2D eigenvalue weighted by Gasteiger charge is 2.12. The van der Waals surface area contributed by atoms with E-state index in [-0.39, 0.29) is 24.2 Å². The van der Waals surface area contributed by atoms with E-state index in [0.29, 0.717) is 13.0 Å². The zero-order valence-electron chi connectivity index (χ0n) is 10.8. The number of hydrogen-bond donors (Lipinski definition) is 2. The molecular formula is C12H24N2O2S. The van der Waals surface area contributed by atoms with Crippen LogP contribution in [0.5, 0.6) is 0 Å². The first-order valence-electron chi connectivity index (χ1n) is 6.15. The van der Waals surface area contributed by atoms with Gasteiger partial charge in [0.15, 0.2) is 0 Å². The Balaban J connectivity index is 3.70. The van der Waals surface area contributed by atoms with Crippen LogP contribution < -0.4 is 11.1 Å². The molecule has 0 heterocycles. The number of nitrogens with two attached hydrogens (primary N) is 1. The van der Waals surface area contributed by atoms with Gasteiger partial charge in [0.1, 0.15) is 11.6 Å².